The van der Waals surface area contributed by atoms with Gasteiger partial charge in [-0.25, -0.2) is 0 Å². The highest BCUT2D eigenvalue weighted by atomic mass is 32.2. The van der Waals surface area contributed by atoms with Gasteiger partial charge in [-0.15, -0.1) is 0 Å². The van der Waals surface area contributed by atoms with E-state index in [0.29, 0.717) is 6.61 Å². The highest BCUT2D eigenvalue weighted by Gasteiger charge is 2.01. The van der Waals surface area contributed by atoms with Gasteiger partial charge in [0.25, 0.3) is 0 Å². The quantitative estimate of drug-likeness (QED) is 0.599. The molecule has 0 aliphatic rings. The summed E-state index contributed by atoms with van der Waals surface area (Å²) in [6, 6.07) is 0. The summed E-state index contributed by atoms with van der Waals surface area (Å²) >= 11 is 1.85. The van der Waals surface area contributed by atoms with Crippen LogP contribution in [0.3, 0.4) is 0 Å². The summed E-state index contributed by atoms with van der Waals surface area (Å²) in [4.78, 5) is 0. The number of hydrogen-bond acceptors (Lipinski definition) is 3. The Morgan fingerprint density at radius 2 is 2.18 bits per heavy atom. The van der Waals surface area contributed by atoms with Crippen LogP contribution in [0.25, 0.3) is 0 Å². The Morgan fingerprint density at radius 1 is 1.45 bits per heavy atom. The van der Waals surface area contributed by atoms with Gasteiger partial charge in [0.2, 0.25) is 0 Å². The van der Waals surface area contributed by atoms with Crippen LogP contribution >= 0.6 is 11.8 Å². The zero-order valence-electron chi connectivity index (χ0n) is 7.38. The van der Waals surface area contributed by atoms with Gasteiger partial charge in [-0.05, 0) is 31.3 Å². The van der Waals surface area contributed by atoms with Crippen LogP contribution in [-0.2, 0) is 4.74 Å². The zero-order valence-corrected chi connectivity index (χ0v) is 8.19. The maximum atomic E-state index is 9.22. The summed E-state index contributed by atoms with van der Waals surface area (Å²) in [5, 5.41) is 9.22. The third kappa shape index (κ3) is 8.17. The Balaban J connectivity index is 2.97. The molecule has 1 N–H and O–H groups in total. The Bertz CT molecular complexity index is 78.5. The molecular weight excluding hydrogens is 160 g/mol. The van der Waals surface area contributed by atoms with Crippen LogP contribution in [-0.4, -0.2) is 36.9 Å². The predicted molar refractivity (Wildman–Crippen MR) is 50.1 cm³/mol. The van der Waals surface area contributed by atoms with Crippen LogP contribution in [0.2, 0.25) is 0 Å². The lowest BCUT2D eigenvalue weighted by atomic mass is 10.2. The number of unbranched alkanes of at least 4 members (excludes halogenated alkanes) is 1. The standard InChI is InChI=1S/C8H18O2S/c1-10-7-8(9)5-3-4-6-11-2/h8-9H,3-7H2,1-2H3. The maximum absolute atomic E-state index is 9.22. The van der Waals surface area contributed by atoms with Crippen molar-refractivity contribution in [1.82, 2.24) is 0 Å². The fourth-order valence-electron chi connectivity index (χ4n) is 0.902. The van der Waals surface area contributed by atoms with Crippen molar-refractivity contribution in [2.24, 2.45) is 0 Å². The van der Waals surface area contributed by atoms with Gasteiger partial charge < -0.3 is 9.84 Å². The molecule has 0 aliphatic heterocycles. The monoisotopic (exact) mass is 178 g/mol. The molecule has 11 heavy (non-hydrogen) atoms. The van der Waals surface area contributed by atoms with Crippen LogP contribution in [0.5, 0.6) is 0 Å². The van der Waals surface area contributed by atoms with Crippen LogP contribution in [0.15, 0.2) is 0 Å². The molecule has 0 rings (SSSR count). The number of thioether (sulfide) groups is 1. The summed E-state index contributed by atoms with van der Waals surface area (Å²) in [7, 11) is 1.62. The predicted octanol–water partition coefficient (Wildman–Crippen LogP) is 1.53. The summed E-state index contributed by atoms with van der Waals surface area (Å²) < 4.78 is 4.81. The number of aliphatic hydroxyl groups is 1. The van der Waals surface area contributed by atoms with E-state index in [2.05, 4.69) is 6.26 Å². The molecule has 0 aliphatic carbocycles. The Labute approximate surface area is 73.3 Å². The van der Waals surface area contributed by atoms with E-state index in [-0.39, 0.29) is 6.10 Å². The highest BCUT2D eigenvalue weighted by molar-refractivity contribution is 7.98. The topological polar surface area (TPSA) is 29.5 Å². The summed E-state index contributed by atoms with van der Waals surface area (Å²) in [5.74, 6) is 1.19. The van der Waals surface area contributed by atoms with E-state index in [1.807, 2.05) is 11.8 Å². The van der Waals surface area contributed by atoms with Crippen molar-refractivity contribution in [2.45, 2.75) is 25.4 Å². The molecule has 68 valence electrons. The minimum absolute atomic E-state index is 0.262. The average molecular weight is 178 g/mol. The number of methoxy groups -OCH3 is 1. The largest absolute Gasteiger partial charge is 0.391 e. The second-order valence-corrected chi connectivity index (χ2v) is 3.58. The number of hydrogen-bond donors (Lipinski definition) is 1. The first-order chi connectivity index (χ1) is 5.31. The first kappa shape index (κ1) is 11.3. The van der Waals surface area contributed by atoms with Gasteiger partial charge in [-0.2, -0.15) is 11.8 Å². The SMILES string of the molecule is COCC(O)CCCCSC. The average Bonchev–Trinajstić information content (AvgIpc) is 1.99. The van der Waals surface area contributed by atoms with E-state index < -0.39 is 0 Å². The van der Waals surface area contributed by atoms with E-state index in [9.17, 15) is 5.11 Å². The van der Waals surface area contributed by atoms with Crippen molar-refractivity contribution < 1.29 is 9.84 Å². The highest BCUT2D eigenvalue weighted by Crippen LogP contribution is 2.04. The molecule has 1 atom stereocenters. The van der Waals surface area contributed by atoms with Gasteiger partial charge in [0.1, 0.15) is 0 Å². The molecule has 0 heterocycles. The molecule has 0 radical (unpaired) electrons. The van der Waals surface area contributed by atoms with E-state index in [0.717, 1.165) is 12.8 Å². The fourth-order valence-corrected chi connectivity index (χ4v) is 1.39. The summed E-state index contributed by atoms with van der Waals surface area (Å²) in [6.45, 7) is 0.471. The Kier molecular flexibility index (Phi) is 8.57. The molecule has 0 saturated carbocycles. The van der Waals surface area contributed by atoms with E-state index in [1.165, 1.54) is 12.2 Å². The first-order valence-corrected chi connectivity index (χ1v) is 5.36. The second-order valence-electron chi connectivity index (χ2n) is 2.60. The Morgan fingerprint density at radius 3 is 2.73 bits per heavy atom. The normalized spacial score (nSPS) is 13.4. The third-order valence-corrected chi connectivity index (χ3v) is 2.19. The second kappa shape index (κ2) is 8.37. The summed E-state index contributed by atoms with van der Waals surface area (Å²) in [6.07, 6.45) is 5.01. The molecule has 1 unspecified atom stereocenters. The minimum atomic E-state index is -0.262. The molecular formula is C8H18O2S. The molecule has 2 nitrogen and oxygen atoms in total. The van der Waals surface area contributed by atoms with Gasteiger partial charge in [0.05, 0.1) is 12.7 Å². The summed E-state index contributed by atoms with van der Waals surface area (Å²) in [5.41, 5.74) is 0. The van der Waals surface area contributed by atoms with Crippen molar-refractivity contribution in [3.8, 4) is 0 Å². The van der Waals surface area contributed by atoms with Gasteiger partial charge in [-0.1, -0.05) is 0 Å². The molecule has 0 saturated heterocycles. The molecule has 3 heteroatoms. The lowest BCUT2D eigenvalue weighted by Gasteiger charge is -2.07. The van der Waals surface area contributed by atoms with Crippen molar-refractivity contribution in [2.75, 3.05) is 25.7 Å². The molecule has 0 fully saturated rings. The zero-order chi connectivity index (χ0) is 8.53. The van der Waals surface area contributed by atoms with Crippen molar-refractivity contribution in [3.05, 3.63) is 0 Å². The van der Waals surface area contributed by atoms with Crippen LogP contribution in [0.4, 0.5) is 0 Å². The van der Waals surface area contributed by atoms with E-state index >= 15 is 0 Å². The van der Waals surface area contributed by atoms with Crippen molar-refractivity contribution in [3.63, 3.8) is 0 Å². The lowest BCUT2D eigenvalue weighted by molar-refractivity contribution is 0.0580. The van der Waals surface area contributed by atoms with E-state index in [1.54, 1.807) is 7.11 Å². The third-order valence-electron chi connectivity index (χ3n) is 1.49. The van der Waals surface area contributed by atoms with E-state index in [4.69, 9.17) is 4.74 Å². The maximum Gasteiger partial charge on any atom is 0.0773 e. The molecule has 0 aromatic heterocycles. The number of aliphatic hydroxyl groups excluding tert-OH is 1. The number of ether oxygens (including phenoxy) is 1. The molecule has 0 aromatic carbocycles. The van der Waals surface area contributed by atoms with Crippen LogP contribution in [0.1, 0.15) is 19.3 Å². The first-order valence-electron chi connectivity index (χ1n) is 3.97. The van der Waals surface area contributed by atoms with Gasteiger partial charge >= 0.3 is 0 Å². The van der Waals surface area contributed by atoms with Gasteiger partial charge in [0.15, 0.2) is 0 Å². The number of rotatable bonds is 7. The molecule has 0 aromatic rings. The van der Waals surface area contributed by atoms with Crippen LogP contribution in [0, 0.1) is 0 Å². The molecule has 0 spiro atoms. The smallest absolute Gasteiger partial charge is 0.0773 e. The minimum Gasteiger partial charge on any atom is -0.391 e. The van der Waals surface area contributed by atoms with Crippen molar-refractivity contribution in [1.29, 1.82) is 0 Å². The van der Waals surface area contributed by atoms with Crippen LogP contribution < -0.4 is 0 Å². The van der Waals surface area contributed by atoms with Gasteiger partial charge in [-0.3, -0.25) is 0 Å². The molecule has 0 amide bonds. The van der Waals surface area contributed by atoms with Crippen molar-refractivity contribution >= 4 is 11.8 Å². The molecule has 0 bridgehead atoms. The lowest BCUT2D eigenvalue weighted by Crippen LogP contribution is -2.13. The Hall–Kier alpha value is 0.270. The fraction of sp³-hybridized carbons (Fsp3) is 1.00. The van der Waals surface area contributed by atoms with Gasteiger partial charge in [0, 0.05) is 7.11 Å².